The van der Waals surface area contributed by atoms with Gasteiger partial charge in [0.15, 0.2) is 11.5 Å². The summed E-state index contributed by atoms with van der Waals surface area (Å²) in [5, 5.41) is 3.66. The van der Waals surface area contributed by atoms with E-state index in [4.69, 9.17) is 24.5 Å². The molecule has 19 heavy (non-hydrogen) atoms. The monoisotopic (exact) mass is 262 g/mol. The van der Waals surface area contributed by atoms with Crippen LogP contribution >= 0.6 is 0 Å². The predicted molar refractivity (Wildman–Crippen MR) is 68.1 cm³/mol. The number of nitrogens with two attached hydrogens (primary N) is 1. The maximum absolute atomic E-state index is 5.75. The minimum Gasteiger partial charge on any atom is -0.493 e. The molecule has 1 saturated heterocycles. The summed E-state index contributed by atoms with van der Waals surface area (Å²) in [7, 11) is 1.60. The van der Waals surface area contributed by atoms with Crippen LogP contribution in [0, 0.1) is 0 Å². The number of anilines is 1. The zero-order valence-corrected chi connectivity index (χ0v) is 10.5. The molecule has 2 aromatic rings. The molecule has 6 heteroatoms. The average molecular weight is 262 g/mol. The lowest BCUT2D eigenvalue weighted by Gasteiger charge is -2.27. The van der Waals surface area contributed by atoms with Crippen LogP contribution in [0.1, 0.15) is 0 Å². The molecule has 0 aliphatic carbocycles. The fourth-order valence-electron chi connectivity index (χ4n) is 1.86. The number of nitrogen functional groups attached to an aromatic ring is 1. The van der Waals surface area contributed by atoms with Crippen LogP contribution in [0.3, 0.4) is 0 Å². The number of benzene rings is 1. The van der Waals surface area contributed by atoms with E-state index in [0.29, 0.717) is 24.7 Å². The summed E-state index contributed by atoms with van der Waals surface area (Å²) >= 11 is 0. The number of aromatic nitrogens is 1. The second-order valence-corrected chi connectivity index (χ2v) is 4.25. The Morgan fingerprint density at radius 3 is 2.74 bits per heavy atom. The van der Waals surface area contributed by atoms with Crippen molar-refractivity contribution in [3.05, 3.63) is 24.4 Å². The first-order chi connectivity index (χ1) is 9.28. The lowest BCUT2D eigenvalue weighted by atomic mass is 10.1. The Morgan fingerprint density at radius 1 is 1.32 bits per heavy atom. The molecular weight excluding hydrogens is 248 g/mol. The fraction of sp³-hybridized carbons (Fsp3) is 0.308. The highest BCUT2D eigenvalue weighted by Gasteiger charge is 2.22. The number of hydrogen-bond donors (Lipinski definition) is 1. The van der Waals surface area contributed by atoms with E-state index in [2.05, 4.69) is 5.16 Å². The summed E-state index contributed by atoms with van der Waals surface area (Å²) in [5.74, 6) is 1.61. The molecule has 0 atom stereocenters. The molecule has 1 fully saturated rings. The second-order valence-electron chi connectivity index (χ2n) is 4.25. The number of methoxy groups -OCH3 is 1. The third-order valence-electron chi connectivity index (χ3n) is 2.97. The Kier molecular flexibility index (Phi) is 3.00. The summed E-state index contributed by atoms with van der Waals surface area (Å²) in [6.07, 6.45) is 1.67. The van der Waals surface area contributed by atoms with Crippen LogP contribution in [0.15, 0.2) is 28.9 Å². The van der Waals surface area contributed by atoms with E-state index in [1.165, 1.54) is 0 Å². The molecule has 6 nitrogen and oxygen atoms in total. The average Bonchev–Trinajstić information content (AvgIpc) is 2.80. The SMILES string of the molecule is COc1cc(-c2cnoc2N)ccc1OC1COC1. The standard InChI is InChI=1S/C13H14N2O4/c1-16-12-4-8(10-5-15-19-13(10)14)2-3-11(12)18-9-6-17-7-9/h2-5,9H,6-7,14H2,1H3. The Hall–Kier alpha value is -2.21. The van der Waals surface area contributed by atoms with Crippen LogP contribution in [0.25, 0.3) is 11.1 Å². The minimum atomic E-state index is 0.0976. The first-order valence-corrected chi connectivity index (χ1v) is 5.91. The van der Waals surface area contributed by atoms with Crippen molar-refractivity contribution in [1.82, 2.24) is 5.16 Å². The molecule has 0 saturated carbocycles. The van der Waals surface area contributed by atoms with Gasteiger partial charge in [0.2, 0.25) is 5.88 Å². The van der Waals surface area contributed by atoms with Gasteiger partial charge in [0, 0.05) is 0 Å². The van der Waals surface area contributed by atoms with E-state index in [0.717, 1.165) is 11.1 Å². The van der Waals surface area contributed by atoms with Gasteiger partial charge in [-0.3, -0.25) is 0 Å². The first-order valence-electron chi connectivity index (χ1n) is 5.91. The zero-order valence-electron chi connectivity index (χ0n) is 10.5. The van der Waals surface area contributed by atoms with E-state index in [9.17, 15) is 0 Å². The molecule has 1 aromatic carbocycles. The van der Waals surface area contributed by atoms with Crippen LogP contribution in [-0.2, 0) is 4.74 Å². The van der Waals surface area contributed by atoms with E-state index in [1.54, 1.807) is 13.3 Å². The van der Waals surface area contributed by atoms with Gasteiger partial charge >= 0.3 is 0 Å². The van der Waals surface area contributed by atoms with Gasteiger partial charge in [-0.05, 0) is 17.7 Å². The third-order valence-corrected chi connectivity index (χ3v) is 2.97. The molecule has 100 valence electrons. The van der Waals surface area contributed by atoms with Crippen molar-refractivity contribution in [1.29, 1.82) is 0 Å². The summed E-state index contributed by atoms with van der Waals surface area (Å²) in [5.41, 5.74) is 7.30. The maximum Gasteiger partial charge on any atom is 0.229 e. The third kappa shape index (κ3) is 2.22. The Balaban J connectivity index is 1.90. The van der Waals surface area contributed by atoms with Gasteiger partial charge in [0.25, 0.3) is 0 Å². The molecule has 0 amide bonds. The molecule has 3 rings (SSSR count). The molecule has 2 heterocycles. The summed E-state index contributed by atoms with van der Waals surface area (Å²) in [6.45, 7) is 1.23. The summed E-state index contributed by atoms with van der Waals surface area (Å²) in [4.78, 5) is 0. The molecule has 0 radical (unpaired) electrons. The van der Waals surface area contributed by atoms with Crippen molar-refractivity contribution in [3.63, 3.8) is 0 Å². The van der Waals surface area contributed by atoms with Crippen LogP contribution in [0.5, 0.6) is 11.5 Å². The van der Waals surface area contributed by atoms with Crippen molar-refractivity contribution in [3.8, 4) is 22.6 Å². The van der Waals surface area contributed by atoms with Gasteiger partial charge in [-0.2, -0.15) is 0 Å². The molecule has 1 aromatic heterocycles. The van der Waals surface area contributed by atoms with Crippen LogP contribution < -0.4 is 15.2 Å². The van der Waals surface area contributed by atoms with Gasteiger partial charge in [-0.1, -0.05) is 11.2 Å². The normalized spacial score (nSPS) is 15.0. The van der Waals surface area contributed by atoms with Crippen molar-refractivity contribution >= 4 is 5.88 Å². The zero-order chi connectivity index (χ0) is 13.2. The number of rotatable bonds is 4. The van der Waals surface area contributed by atoms with Crippen LogP contribution in [0.2, 0.25) is 0 Å². The highest BCUT2D eigenvalue weighted by atomic mass is 16.6. The largest absolute Gasteiger partial charge is 0.493 e. The smallest absolute Gasteiger partial charge is 0.229 e. The Labute approximate surface area is 110 Å². The van der Waals surface area contributed by atoms with Gasteiger partial charge in [-0.25, -0.2) is 0 Å². The van der Waals surface area contributed by atoms with E-state index < -0.39 is 0 Å². The van der Waals surface area contributed by atoms with Crippen molar-refractivity contribution in [2.75, 3.05) is 26.1 Å². The number of nitrogens with zero attached hydrogens (tertiary/aromatic N) is 1. The highest BCUT2D eigenvalue weighted by Crippen LogP contribution is 2.35. The Bertz CT molecular complexity index is 578. The summed E-state index contributed by atoms with van der Waals surface area (Å²) in [6, 6.07) is 5.58. The number of ether oxygens (including phenoxy) is 3. The molecule has 1 aliphatic heterocycles. The van der Waals surface area contributed by atoms with Crippen molar-refractivity contribution < 1.29 is 18.7 Å². The molecule has 2 N–H and O–H groups in total. The lowest BCUT2D eigenvalue weighted by Crippen LogP contribution is -2.38. The van der Waals surface area contributed by atoms with Gasteiger partial charge < -0.3 is 24.5 Å². The molecular formula is C13H14N2O4. The molecule has 1 aliphatic rings. The molecule has 0 unspecified atom stereocenters. The van der Waals surface area contributed by atoms with E-state index in [1.807, 2.05) is 18.2 Å². The van der Waals surface area contributed by atoms with E-state index in [-0.39, 0.29) is 12.0 Å². The minimum absolute atomic E-state index is 0.0976. The van der Waals surface area contributed by atoms with Crippen molar-refractivity contribution in [2.24, 2.45) is 0 Å². The van der Waals surface area contributed by atoms with Gasteiger partial charge in [0.05, 0.1) is 32.1 Å². The van der Waals surface area contributed by atoms with Gasteiger partial charge in [0.1, 0.15) is 6.10 Å². The molecule has 0 spiro atoms. The lowest BCUT2D eigenvalue weighted by molar-refractivity contribution is -0.0803. The second kappa shape index (κ2) is 4.81. The first kappa shape index (κ1) is 11.9. The van der Waals surface area contributed by atoms with Crippen molar-refractivity contribution in [2.45, 2.75) is 6.10 Å². The van der Waals surface area contributed by atoms with Gasteiger partial charge in [-0.15, -0.1) is 0 Å². The molecule has 0 bridgehead atoms. The number of hydrogen-bond acceptors (Lipinski definition) is 6. The maximum atomic E-state index is 5.75. The fourth-order valence-corrected chi connectivity index (χ4v) is 1.86. The van der Waals surface area contributed by atoms with E-state index >= 15 is 0 Å². The quantitative estimate of drug-likeness (QED) is 0.903. The highest BCUT2D eigenvalue weighted by molar-refractivity contribution is 5.74. The summed E-state index contributed by atoms with van der Waals surface area (Å²) < 4.78 is 21.0. The predicted octanol–water partition coefficient (Wildman–Crippen LogP) is 1.71. The topological polar surface area (TPSA) is 79.7 Å². The van der Waals surface area contributed by atoms with Crippen LogP contribution in [-0.4, -0.2) is 31.6 Å². The Morgan fingerprint density at radius 2 is 2.16 bits per heavy atom. The van der Waals surface area contributed by atoms with Crippen LogP contribution in [0.4, 0.5) is 5.88 Å².